The van der Waals surface area contributed by atoms with Crippen LogP contribution in [-0.4, -0.2) is 40.7 Å². The number of hydrogen-bond acceptors (Lipinski definition) is 8. The van der Waals surface area contributed by atoms with Crippen molar-refractivity contribution in [3.05, 3.63) is 88.0 Å². The summed E-state index contributed by atoms with van der Waals surface area (Å²) in [6.45, 7) is 7.73. The summed E-state index contributed by atoms with van der Waals surface area (Å²) in [5, 5.41) is 27.9. The van der Waals surface area contributed by atoms with Crippen molar-refractivity contribution in [2.75, 3.05) is 17.2 Å². The Balaban J connectivity index is 1.90. The number of aliphatic hydroxyl groups is 1. The second-order valence-electron chi connectivity index (χ2n) is 9.46. The normalized spacial score (nSPS) is 11.3. The molecule has 212 valence electrons. The van der Waals surface area contributed by atoms with Crippen LogP contribution in [0, 0.1) is 6.92 Å². The molecule has 6 N–H and O–H groups in total. The van der Waals surface area contributed by atoms with Gasteiger partial charge in [-0.1, -0.05) is 22.9 Å². The maximum absolute atomic E-state index is 13.3. The lowest BCUT2D eigenvalue weighted by molar-refractivity contribution is -0.142. The maximum Gasteiger partial charge on any atom is 0.310 e. The van der Waals surface area contributed by atoms with Gasteiger partial charge in [0.25, 0.3) is 5.91 Å². The minimum atomic E-state index is -0.387. The first-order valence-corrected chi connectivity index (χ1v) is 13.0. The van der Waals surface area contributed by atoms with Gasteiger partial charge in [0.1, 0.15) is 5.75 Å². The molecular formula is C30H36N4O6. The standard InChI is InChI=1S/C30H36N4O6/c1-5-39-28(36)15-24-22(13-20(17-35)14-27(24)40-18(2)3)16-32-26-11-6-19(4)12-25(26)30(37)33-23-9-7-21(8-10-23)29(31)34-38/h6-14,18,32,35,38H,5,15-17H2,1-4H3,(H2,31,34)(H,33,37). The summed E-state index contributed by atoms with van der Waals surface area (Å²) >= 11 is 0. The van der Waals surface area contributed by atoms with Crippen molar-refractivity contribution in [3.8, 4) is 5.75 Å². The molecule has 10 nitrogen and oxygen atoms in total. The SMILES string of the molecule is CCOC(=O)Cc1c(CNc2ccc(C)cc2C(=O)Nc2ccc(/C(N)=N/O)cc2)cc(CO)cc1OC(C)C. The molecule has 3 aromatic rings. The van der Waals surface area contributed by atoms with E-state index in [0.717, 1.165) is 11.1 Å². The number of amides is 1. The van der Waals surface area contributed by atoms with Gasteiger partial charge in [-0.3, -0.25) is 9.59 Å². The molecule has 0 aliphatic carbocycles. The highest BCUT2D eigenvalue weighted by molar-refractivity contribution is 6.08. The van der Waals surface area contributed by atoms with E-state index in [0.29, 0.717) is 39.4 Å². The summed E-state index contributed by atoms with van der Waals surface area (Å²) in [5.74, 6) is -0.244. The number of ether oxygens (including phenoxy) is 2. The molecule has 0 unspecified atom stereocenters. The highest BCUT2D eigenvalue weighted by atomic mass is 16.5. The molecule has 3 rings (SSSR count). The van der Waals surface area contributed by atoms with E-state index in [9.17, 15) is 14.7 Å². The minimum absolute atomic E-state index is 0.00135. The Hall–Kier alpha value is -4.57. The number of aryl methyl sites for hydroxylation is 1. The fourth-order valence-electron chi connectivity index (χ4n) is 4.10. The van der Waals surface area contributed by atoms with Crippen molar-refractivity contribution in [3.63, 3.8) is 0 Å². The lowest BCUT2D eigenvalue weighted by Crippen LogP contribution is -2.17. The molecule has 40 heavy (non-hydrogen) atoms. The van der Waals surface area contributed by atoms with Gasteiger partial charge < -0.3 is 36.2 Å². The maximum atomic E-state index is 13.3. The molecule has 0 spiro atoms. The van der Waals surface area contributed by atoms with Crippen LogP contribution in [0.5, 0.6) is 5.75 Å². The predicted molar refractivity (Wildman–Crippen MR) is 154 cm³/mol. The first-order chi connectivity index (χ1) is 19.1. The number of oxime groups is 1. The zero-order valence-corrected chi connectivity index (χ0v) is 23.2. The van der Waals surface area contributed by atoms with Crippen LogP contribution in [-0.2, 0) is 29.1 Å². The number of anilines is 2. The molecule has 0 fully saturated rings. The van der Waals surface area contributed by atoms with Crippen LogP contribution < -0.4 is 21.1 Å². The van der Waals surface area contributed by atoms with Gasteiger partial charge in [0, 0.05) is 29.0 Å². The van der Waals surface area contributed by atoms with Gasteiger partial charge in [-0.25, -0.2) is 0 Å². The van der Waals surface area contributed by atoms with Crippen molar-refractivity contribution < 1.29 is 29.4 Å². The van der Waals surface area contributed by atoms with Crippen molar-refractivity contribution in [1.29, 1.82) is 0 Å². The Kier molecular flexibility index (Phi) is 10.5. The molecule has 0 aliphatic rings. The monoisotopic (exact) mass is 548 g/mol. The fourth-order valence-corrected chi connectivity index (χ4v) is 4.10. The number of nitrogens with one attached hydrogen (secondary N) is 2. The van der Waals surface area contributed by atoms with E-state index in [1.165, 1.54) is 0 Å². The van der Waals surface area contributed by atoms with Crippen LogP contribution in [0.15, 0.2) is 59.8 Å². The van der Waals surface area contributed by atoms with Crippen molar-refractivity contribution in [2.24, 2.45) is 10.9 Å². The molecule has 0 saturated carbocycles. The quantitative estimate of drug-likeness (QED) is 0.0736. The molecule has 10 heteroatoms. The molecular weight excluding hydrogens is 512 g/mol. The zero-order chi connectivity index (χ0) is 29.2. The summed E-state index contributed by atoms with van der Waals surface area (Å²) in [5.41, 5.74) is 10.6. The Morgan fingerprint density at radius 2 is 1.80 bits per heavy atom. The van der Waals surface area contributed by atoms with Crippen LogP contribution in [0.3, 0.4) is 0 Å². The van der Waals surface area contributed by atoms with E-state index in [4.69, 9.17) is 20.4 Å². The zero-order valence-electron chi connectivity index (χ0n) is 23.2. The second-order valence-corrected chi connectivity index (χ2v) is 9.46. The van der Waals surface area contributed by atoms with Gasteiger partial charge in [-0.05, 0) is 81.3 Å². The van der Waals surface area contributed by atoms with E-state index in [2.05, 4.69) is 15.8 Å². The molecule has 0 saturated heterocycles. The van der Waals surface area contributed by atoms with E-state index < -0.39 is 0 Å². The number of hydrogen-bond donors (Lipinski definition) is 5. The van der Waals surface area contributed by atoms with Crippen molar-refractivity contribution in [1.82, 2.24) is 0 Å². The number of nitrogens with zero attached hydrogens (tertiary/aromatic N) is 1. The Bertz CT molecular complexity index is 1370. The number of carbonyl (C=O) groups excluding carboxylic acids is 2. The van der Waals surface area contributed by atoms with Crippen LogP contribution >= 0.6 is 0 Å². The average molecular weight is 549 g/mol. The number of aliphatic hydroxyl groups excluding tert-OH is 1. The van der Waals surface area contributed by atoms with Crippen molar-refractivity contribution >= 4 is 29.1 Å². The lowest BCUT2D eigenvalue weighted by Gasteiger charge is -2.20. The van der Waals surface area contributed by atoms with Gasteiger partial charge in [-0.2, -0.15) is 0 Å². The van der Waals surface area contributed by atoms with E-state index in [-0.39, 0.29) is 50.0 Å². The Labute approximate surface area is 233 Å². The largest absolute Gasteiger partial charge is 0.491 e. The number of amidine groups is 1. The van der Waals surface area contributed by atoms with Gasteiger partial charge >= 0.3 is 5.97 Å². The van der Waals surface area contributed by atoms with E-state index in [1.807, 2.05) is 39.0 Å². The number of esters is 1. The minimum Gasteiger partial charge on any atom is -0.491 e. The second kappa shape index (κ2) is 14.0. The predicted octanol–water partition coefficient (Wildman–Crippen LogP) is 4.34. The molecule has 3 aromatic carbocycles. The first kappa shape index (κ1) is 30.0. The molecule has 0 aliphatic heterocycles. The van der Waals surface area contributed by atoms with Crippen molar-refractivity contribution in [2.45, 2.75) is 53.4 Å². The average Bonchev–Trinajstić information content (AvgIpc) is 2.93. The van der Waals surface area contributed by atoms with Crippen LogP contribution in [0.4, 0.5) is 11.4 Å². The molecule has 0 bridgehead atoms. The summed E-state index contributed by atoms with van der Waals surface area (Å²) in [7, 11) is 0. The lowest BCUT2D eigenvalue weighted by atomic mass is 9.99. The number of benzene rings is 3. The third kappa shape index (κ3) is 7.97. The summed E-state index contributed by atoms with van der Waals surface area (Å²) in [6.07, 6.45) is -0.147. The van der Waals surface area contributed by atoms with Gasteiger partial charge in [0.15, 0.2) is 5.84 Å². The van der Waals surface area contributed by atoms with Crippen LogP contribution in [0.25, 0.3) is 0 Å². The topological polar surface area (TPSA) is 155 Å². The van der Waals surface area contributed by atoms with E-state index >= 15 is 0 Å². The molecule has 0 atom stereocenters. The molecule has 1 amide bonds. The van der Waals surface area contributed by atoms with Crippen LogP contribution in [0.1, 0.15) is 58.9 Å². The highest BCUT2D eigenvalue weighted by Gasteiger charge is 2.19. The smallest absolute Gasteiger partial charge is 0.310 e. The molecule has 0 radical (unpaired) electrons. The number of carbonyl (C=O) groups is 2. The number of rotatable bonds is 12. The fraction of sp³-hybridized carbons (Fsp3) is 0.300. The molecule has 0 heterocycles. The Morgan fingerprint density at radius 3 is 2.42 bits per heavy atom. The van der Waals surface area contributed by atoms with Crippen LogP contribution in [0.2, 0.25) is 0 Å². The number of nitrogens with two attached hydrogens (primary N) is 1. The third-order valence-corrected chi connectivity index (χ3v) is 5.97. The summed E-state index contributed by atoms with van der Waals surface area (Å²) < 4.78 is 11.2. The Morgan fingerprint density at radius 1 is 1.07 bits per heavy atom. The first-order valence-electron chi connectivity index (χ1n) is 13.0. The molecule has 0 aromatic heterocycles. The summed E-state index contributed by atoms with van der Waals surface area (Å²) in [6, 6.07) is 15.6. The third-order valence-electron chi connectivity index (χ3n) is 5.97. The van der Waals surface area contributed by atoms with Gasteiger partial charge in [0.2, 0.25) is 0 Å². The van der Waals surface area contributed by atoms with Gasteiger partial charge in [-0.15, -0.1) is 0 Å². The van der Waals surface area contributed by atoms with E-state index in [1.54, 1.807) is 43.3 Å². The van der Waals surface area contributed by atoms with Gasteiger partial charge in [0.05, 0.1) is 31.3 Å². The summed E-state index contributed by atoms with van der Waals surface area (Å²) in [4.78, 5) is 25.7. The highest BCUT2D eigenvalue weighted by Crippen LogP contribution is 2.29.